The second-order valence-electron chi connectivity index (χ2n) is 17.1. The summed E-state index contributed by atoms with van der Waals surface area (Å²) in [6.07, 6.45) is 6.57. The monoisotopic (exact) mass is 915 g/mol. The van der Waals surface area contributed by atoms with Crippen LogP contribution in [-0.2, 0) is 19.8 Å². The van der Waals surface area contributed by atoms with E-state index in [0.29, 0.717) is 75.0 Å². The van der Waals surface area contributed by atoms with Crippen LogP contribution in [0.5, 0.6) is 0 Å². The Morgan fingerprint density at radius 1 is 1.02 bits per heavy atom. The number of hydroxylamine groups is 2. The zero-order valence-electron chi connectivity index (χ0n) is 36.4. The van der Waals surface area contributed by atoms with Crippen LogP contribution >= 0.6 is 0 Å². The van der Waals surface area contributed by atoms with Crippen molar-refractivity contribution in [3.63, 3.8) is 0 Å². The molecule has 8 rings (SSSR count). The third-order valence-electron chi connectivity index (χ3n) is 12.9. The molecule has 65 heavy (non-hydrogen) atoms. The molecule has 0 aliphatic carbocycles. The SMILES string of the molecule is CCN(C)S(=O)(=O)Nc1ccc(F)c(C(=O)c2c[nH]c3c2C=C(c2ccc(N4CCN(C(=O)CC5(O)CCN(c6ccc(NC7CCC(=O)N([O-])C7)cn6)CC5)CC4)cc2)C(C)N3)c1F. The molecule has 0 bridgehead atoms. The lowest BCUT2D eigenvalue weighted by Gasteiger charge is -2.41. The molecule has 20 heteroatoms. The minimum atomic E-state index is -4.15. The Morgan fingerprint density at radius 2 is 1.74 bits per heavy atom. The fourth-order valence-corrected chi connectivity index (χ4v) is 9.72. The molecule has 17 nitrogen and oxygen atoms in total. The number of nitrogens with one attached hydrogen (secondary N) is 4. The van der Waals surface area contributed by atoms with Gasteiger partial charge in [0, 0.05) is 94.9 Å². The molecule has 4 aliphatic heterocycles. The molecule has 4 aromatic rings. The lowest BCUT2D eigenvalue weighted by atomic mass is 9.87. The number of aliphatic hydroxyl groups is 1. The highest BCUT2D eigenvalue weighted by Gasteiger charge is 2.37. The Labute approximate surface area is 376 Å². The topological polar surface area (TPSA) is 210 Å². The summed E-state index contributed by atoms with van der Waals surface area (Å²) in [6, 6.07) is 13.1. The number of fused-ring (bicyclic) bond motifs is 1. The fraction of sp³-hybridized carbons (Fsp3) is 0.422. The van der Waals surface area contributed by atoms with E-state index in [-0.39, 0.29) is 49.5 Å². The van der Waals surface area contributed by atoms with Crippen molar-refractivity contribution in [3.8, 4) is 0 Å². The van der Waals surface area contributed by atoms with Gasteiger partial charge in [0.2, 0.25) is 17.6 Å². The number of hydrogen-bond acceptors (Lipinski definition) is 12. The highest BCUT2D eigenvalue weighted by molar-refractivity contribution is 7.90. The first-order valence-corrected chi connectivity index (χ1v) is 23.2. The lowest BCUT2D eigenvalue weighted by Crippen LogP contribution is -2.52. The molecule has 2 aromatic heterocycles. The molecule has 4 aliphatic rings. The summed E-state index contributed by atoms with van der Waals surface area (Å²) in [5, 5.41) is 30.3. The van der Waals surface area contributed by atoms with E-state index in [0.717, 1.165) is 44.8 Å². The molecule has 0 radical (unpaired) electrons. The molecule has 5 N–H and O–H groups in total. The number of benzene rings is 2. The number of carbonyl (C=O) groups excluding carboxylic acids is 3. The number of halogens is 2. The summed E-state index contributed by atoms with van der Waals surface area (Å²) in [7, 11) is -2.85. The van der Waals surface area contributed by atoms with Crippen molar-refractivity contribution < 1.29 is 36.7 Å². The highest BCUT2D eigenvalue weighted by atomic mass is 32.2. The smallest absolute Gasteiger partial charge is 0.301 e. The van der Waals surface area contributed by atoms with Crippen molar-refractivity contribution in [1.29, 1.82) is 0 Å². The van der Waals surface area contributed by atoms with Gasteiger partial charge in [0.15, 0.2) is 5.82 Å². The van der Waals surface area contributed by atoms with Gasteiger partial charge >= 0.3 is 10.2 Å². The Balaban J connectivity index is 0.848. The molecule has 0 saturated carbocycles. The number of anilines is 5. The summed E-state index contributed by atoms with van der Waals surface area (Å²) >= 11 is 0. The average molecular weight is 916 g/mol. The molecular formula is C45H53F2N10O7S-. The van der Waals surface area contributed by atoms with Gasteiger partial charge in [-0.3, -0.25) is 19.1 Å². The van der Waals surface area contributed by atoms with Crippen LogP contribution < -0.4 is 25.2 Å². The summed E-state index contributed by atoms with van der Waals surface area (Å²) < 4.78 is 59.0. The quantitative estimate of drug-likeness (QED) is 0.114. The molecule has 6 heterocycles. The number of pyridine rings is 1. The Morgan fingerprint density at radius 3 is 2.40 bits per heavy atom. The third-order valence-corrected chi connectivity index (χ3v) is 14.4. The number of H-pyrrole nitrogens is 1. The van der Waals surface area contributed by atoms with E-state index in [1.165, 1.54) is 13.2 Å². The zero-order valence-corrected chi connectivity index (χ0v) is 37.3. The van der Waals surface area contributed by atoms with Gasteiger partial charge < -0.3 is 45.7 Å². The van der Waals surface area contributed by atoms with Crippen molar-refractivity contribution >= 4 is 68.2 Å². The third kappa shape index (κ3) is 9.66. The zero-order chi connectivity index (χ0) is 46.2. The Kier molecular flexibility index (Phi) is 12.9. The van der Waals surface area contributed by atoms with Crippen LogP contribution in [0.15, 0.2) is 60.9 Å². The first-order valence-electron chi connectivity index (χ1n) is 21.8. The van der Waals surface area contributed by atoms with Crippen LogP contribution in [-0.4, -0.2) is 132 Å². The van der Waals surface area contributed by atoms with Crippen LogP contribution in [0, 0.1) is 16.8 Å². The van der Waals surface area contributed by atoms with Crippen LogP contribution in [0.2, 0.25) is 0 Å². The van der Waals surface area contributed by atoms with Crippen molar-refractivity contribution in [3.05, 3.63) is 100 Å². The van der Waals surface area contributed by atoms with E-state index in [9.17, 15) is 33.1 Å². The van der Waals surface area contributed by atoms with Gasteiger partial charge in [0.05, 0.1) is 41.2 Å². The number of hydrogen-bond donors (Lipinski definition) is 5. The van der Waals surface area contributed by atoms with E-state index in [4.69, 9.17) is 0 Å². The second kappa shape index (κ2) is 18.4. The molecule has 2 amide bonds. The molecule has 3 fully saturated rings. The maximum absolute atomic E-state index is 15.7. The Hall–Kier alpha value is -6.09. The number of piperidine rings is 2. The molecule has 3 saturated heterocycles. The number of aromatic amines is 1. The number of nitrogens with zero attached hydrogens (tertiary/aromatic N) is 6. The van der Waals surface area contributed by atoms with E-state index >= 15 is 8.78 Å². The molecule has 346 valence electrons. The summed E-state index contributed by atoms with van der Waals surface area (Å²) in [5.74, 6) is -2.62. The minimum absolute atomic E-state index is 0.00575. The first kappa shape index (κ1) is 45.5. The van der Waals surface area contributed by atoms with Crippen molar-refractivity contribution in [2.75, 3.05) is 84.6 Å². The van der Waals surface area contributed by atoms with E-state index < -0.39 is 50.4 Å². The van der Waals surface area contributed by atoms with Gasteiger partial charge in [-0.15, -0.1) is 0 Å². The van der Waals surface area contributed by atoms with Gasteiger partial charge in [-0.1, -0.05) is 19.1 Å². The first-order chi connectivity index (χ1) is 31.0. The number of aromatic nitrogens is 2. The van der Waals surface area contributed by atoms with Crippen LogP contribution in [0.1, 0.15) is 73.0 Å². The van der Waals surface area contributed by atoms with Gasteiger partial charge in [-0.2, -0.15) is 12.7 Å². The van der Waals surface area contributed by atoms with Gasteiger partial charge in [0.1, 0.15) is 17.5 Å². The van der Waals surface area contributed by atoms with Crippen molar-refractivity contribution in [2.24, 2.45) is 0 Å². The molecule has 2 aromatic carbocycles. The Bertz CT molecular complexity index is 2580. The van der Waals surface area contributed by atoms with E-state index in [2.05, 4.69) is 35.1 Å². The van der Waals surface area contributed by atoms with E-state index in [1.807, 2.05) is 48.2 Å². The summed E-state index contributed by atoms with van der Waals surface area (Å²) in [4.78, 5) is 52.4. The van der Waals surface area contributed by atoms with Gasteiger partial charge in [-0.25, -0.2) is 13.8 Å². The molecule has 2 atom stereocenters. The van der Waals surface area contributed by atoms with Crippen LogP contribution in [0.4, 0.5) is 37.5 Å². The number of piperazine rings is 1. The van der Waals surface area contributed by atoms with E-state index in [1.54, 1.807) is 19.2 Å². The number of rotatable bonds is 13. The van der Waals surface area contributed by atoms with Gasteiger partial charge in [0.25, 0.3) is 0 Å². The summed E-state index contributed by atoms with van der Waals surface area (Å²) in [6.45, 7) is 7.05. The number of carbonyl (C=O) groups is 3. The predicted octanol–water partition coefficient (Wildman–Crippen LogP) is 4.85. The van der Waals surface area contributed by atoms with Crippen LogP contribution in [0.25, 0.3) is 11.6 Å². The van der Waals surface area contributed by atoms with Crippen molar-refractivity contribution in [1.82, 2.24) is 24.2 Å². The van der Waals surface area contributed by atoms with Crippen molar-refractivity contribution in [2.45, 2.75) is 63.6 Å². The molecule has 2 unspecified atom stereocenters. The number of ketones is 1. The minimum Gasteiger partial charge on any atom is -0.756 e. The fourth-order valence-electron chi connectivity index (χ4n) is 8.79. The maximum atomic E-state index is 15.7. The highest BCUT2D eigenvalue weighted by Crippen LogP contribution is 2.37. The largest absolute Gasteiger partial charge is 0.756 e. The summed E-state index contributed by atoms with van der Waals surface area (Å²) in [5.41, 5.74) is 1.28. The van der Waals surface area contributed by atoms with Gasteiger partial charge in [-0.05, 0) is 79.8 Å². The average Bonchev–Trinajstić information content (AvgIpc) is 3.71. The standard InChI is InChI=1S/C45H53F2N10O7S/c1-4-53(3)65(63,64)52-37-12-11-36(46)41(42(37)47)43(60)35-26-49-44-34(35)23-33(28(2)50-44)29-5-9-32(10-6-29)54-19-21-56(22-20-54)40(59)24-45(61)15-17-55(18-16-45)38-13-7-30(25-48-38)51-31-8-14-39(58)57(62)27-31/h5-7,9-13,23,25-26,28,31,49-52,61H,4,8,14-22,24,27H2,1-3H3/q-1. The lowest BCUT2D eigenvalue weighted by molar-refractivity contribution is -0.137. The second-order valence-corrected chi connectivity index (χ2v) is 18.9. The molecule has 0 spiro atoms. The normalized spacial score (nSPS) is 20.0. The van der Waals surface area contributed by atoms with Crippen LogP contribution in [0.3, 0.4) is 0 Å². The molecular weight excluding hydrogens is 863 g/mol. The predicted molar refractivity (Wildman–Crippen MR) is 245 cm³/mol. The number of amides is 2. The maximum Gasteiger partial charge on any atom is 0.301 e.